The van der Waals surface area contributed by atoms with E-state index in [0.717, 1.165) is 66.2 Å². The quantitative estimate of drug-likeness (QED) is 0.196. The first kappa shape index (κ1) is 26.9. The van der Waals surface area contributed by atoms with Crippen LogP contribution in [0.1, 0.15) is 0 Å². The lowest BCUT2D eigenvalue weighted by Crippen LogP contribution is -2.01. The highest BCUT2D eigenvalue weighted by atomic mass is 16.3. The molecule has 0 unspecified atom stereocenters. The highest BCUT2D eigenvalue weighted by Crippen LogP contribution is 2.41. The van der Waals surface area contributed by atoms with Crippen molar-refractivity contribution in [3.05, 3.63) is 158 Å². The fourth-order valence-electron chi connectivity index (χ4n) is 6.22. The molecule has 0 spiro atoms. The molecule has 220 valence electrons. The first-order valence-corrected chi connectivity index (χ1v) is 15.6. The van der Waals surface area contributed by atoms with Gasteiger partial charge in [-0.05, 0) is 34.0 Å². The summed E-state index contributed by atoms with van der Waals surface area (Å²) in [5, 5.41) is 4.16. The minimum atomic E-state index is 0.536. The van der Waals surface area contributed by atoms with Crippen LogP contribution in [0.15, 0.2) is 162 Å². The van der Waals surface area contributed by atoms with Crippen LogP contribution in [0.25, 0.3) is 89.3 Å². The maximum absolute atomic E-state index is 6.66. The fourth-order valence-corrected chi connectivity index (χ4v) is 6.22. The number of rotatable bonds is 5. The van der Waals surface area contributed by atoms with Crippen molar-refractivity contribution in [3.63, 3.8) is 0 Å². The van der Waals surface area contributed by atoms with Crippen molar-refractivity contribution in [2.45, 2.75) is 0 Å². The molecule has 9 rings (SSSR count). The molecule has 0 radical (unpaired) electrons. The van der Waals surface area contributed by atoms with Gasteiger partial charge in [-0.3, -0.25) is 4.98 Å². The first-order chi connectivity index (χ1) is 23.3. The van der Waals surface area contributed by atoms with Gasteiger partial charge in [0, 0.05) is 39.2 Å². The van der Waals surface area contributed by atoms with Crippen molar-refractivity contribution in [3.8, 4) is 56.5 Å². The molecule has 0 bridgehead atoms. The van der Waals surface area contributed by atoms with Gasteiger partial charge in [0.1, 0.15) is 11.3 Å². The summed E-state index contributed by atoms with van der Waals surface area (Å²) in [5.41, 5.74) is 8.14. The van der Waals surface area contributed by atoms with Crippen LogP contribution < -0.4 is 0 Å². The number of hydrogen-bond donors (Lipinski definition) is 0. The number of pyridine rings is 1. The van der Waals surface area contributed by atoms with Gasteiger partial charge in [0.15, 0.2) is 23.1 Å². The van der Waals surface area contributed by atoms with Crippen LogP contribution in [0.5, 0.6) is 0 Å². The van der Waals surface area contributed by atoms with E-state index in [2.05, 4.69) is 78.9 Å². The molecule has 0 aliphatic carbocycles. The molecule has 5 heteroatoms. The molecule has 0 N–H and O–H groups in total. The number of aromatic nitrogens is 4. The molecule has 5 nitrogen and oxygen atoms in total. The monoisotopic (exact) mass is 602 g/mol. The van der Waals surface area contributed by atoms with Crippen LogP contribution in [0.4, 0.5) is 0 Å². The van der Waals surface area contributed by atoms with Gasteiger partial charge in [-0.25, -0.2) is 15.0 Å². The maximum Gasteiger partial charge on any atom is 0.166 e. The maximum atomic E-state index is 6.66. The van der Waals surface area contributed by atoms with Gasteiger partial charge in [-0.15, -0.1) is 0 Å². The largest absolute Gasteiger partial charge is 0.454 e. The van der Waals surface area contributed by atoms with Crippen LogP contribution in [0.2, 0.25) is 0 Å². The van der Waals surface area contributed by atoms with Gasteiger partial charge in [0.25, 0.3) is 0 Å². The molecule has 0 aliphatic rings. The Bertz CT molecular complexity index is 2540. The summed E-state index contributed by atoms with van der Waals surface area (Å²) in [7, 11) is 0. The fraction of sp³-hybridized carbons (Fsp3) is 0. The Hall–Kier alpha value is -6.46. The predicted octanol–water partition coefficient (Wildman–Crippen LogP) is 10.7. The zero-order valence-corrected chi connectivity index (χ0v) is 25.2. The third kappa shape index (κ3) is 4.82. The first-order valence-electron chi connectivity index (χ1n) is 15.6. The van der Waals surface area contributed by atoms with E-state index < -0.39 is 0 Å². The van der Waals surface area contributed by atoms with Crippen molar-refractivity contribution < 1.29 is 4.42 Å². The Labute approximate surface area is 270 Å². The van der Waals surface area contributed by atoms with Crippen LogP contribution in [-0.2, 0) is 0 Å². The Balaban J connectivity index is 1.30. The Morgan fingerprint density at radius 2 is 0.915 bits per heavy atom. The van der Waals surface area contributed by atoms with Crippen molar-refractivity contribution in [2.75, 3.05) is 0 Å². The average molecular weight is 603 g/mol. The molecule has 9 aromatic rings. The van der Waals surface area contributed by atoms with Crippen molar-refractivity contribution in [1.82, 2.24) is 19.9 Å². The highest BCUT2D eigenvalue weighted by molar-refractivity contribution is 6.17. The second-order valence-corrected chi connectivity index (χ2v) is 11.5. The van der Waals surface area contributed by atoms with Crippen LogP contribution >= 0.6 is 0 Å². The molecule has 0 saturated carbocycles. The molecule has 3 heterocycles. The second kappa shape index (κ2) is 11.2. The highest BCUT2D eigenvalue weighted by Gasteiger charge is 2.22. The van der Waals surface area contributed by atoms with Gasteiger partial charge >= 0.3 is 0 Å². The van der Waals surface area contributed by atoms with Gasteiger partial charge in [-0.1, -0.05) is 140 Å². The Morgan fingerprint density at radius 1 is 0.426 bits per heavy atom. The Kier molecular flexibility index (Phi) is 6.39. The summed E-state index contributed by atoms with van der Waals surface area (Å²) in [6.07, 6.45) is 1.88. The number of nitrogens with zero attached hydrogens (tertiary/aromatic N) is 4. The van der Waals surface area contributed by atoms with E-state index in [4.69, 9.17) is 24.4 Å². The molecule has 0 fully saturated rings. The van der Waals surface area contributed by atoms with E-state index >= 15 is 0 Å². The third-order valence-corrected chi connectivity index (χ3v) is 8.57. The Morgan fingerprint density at radius 3 is 1.57 bits per heavy atom. The molecule has 0 saturated heterocycles. The van der Waals surface area contributed by atoms with E-state index in [1.165, 1.54) is 0 Å². The van der Waals surface area contributed by atoms with E-state index in [9.17, 15) is 0 Å². The van der Waals surface area contributed by atoms with Crippen molar-refractivity contribution in [1.29, 1.82) is 0 Å². The molecule has 47 heavy (non-hydrogen) atoms. The van der Waals surface area contributed by atoms with Crippen LogP contribution in [0, 0.1) is 0 Å². The van der Waals surface area contributed by atoms with Crippen molar-refractivity contribution >= 4 is 32.7 Å². The summed E-state index contributed by atoms with van der Waals surface area (Å²) < 4.78 is 6.66. The van der Waals surface area contributed by atoms with Crippen molar-refractivity contribution in [2.24, 2.45) is 0 Å². The number of furan rings is 1. The predicted molar refractivity (Wildman–Crippen MR) is 190 cm³/mol. The summed E-state index contributed by atoms with van der Waals surface area (Å²) in [5.74, 6) is 1.72. The lowest BCUT2D eigenvalue weighted by molar-refractivity contribution is 0.669. The second-order valence-electron chi connectivity index (χ2n) is 11.5. The smallest absolute Gasteiger partial charge is 0.166 e. The summed E-state index contributed by atoms with van der Waals surface area (Å²) >= 11 is 0. The normalized spacial score (nSPS) is 11.4. The lowest BCUT2D eigenvalue weighted by atomic mass is 10.0. The van der Waals surface area contributed by atoms with E-state index in [1.807, 2.05) is 79.0 Å². The molecule has 6 aromatic carbocycles. The third-order valence-electron chi connectivity index (χ3n) is 8.57. The lowest BCUT2D eigenvalue weighted by Gasteiger charge is -2.11. The zero-order chi connectivity index (χ0) is 31.2. The molecule has 0 amide bonds. The van der Waals surface area contributed by atoms with Crippen LogP contribution in [0.3, 0.4) is 0 Å². The minimum Gasteiger partial charge on any atom is -0.454 e. The topological polar surface area (TPSA) is 64.7 Å². The van der Waals surface area contributed by atoms with E-state index in [1.54, 1.807) is 0 Å². The molecule has 0 aliphatic heterocycles. The molecule has 3 aromatic heterocycles. The minimum absolute atomic E-state index is 0.536. The van der Waals surface area contributed by atoms with E-state index in [-0.39, 0.29) is 0 Å². The number of fused-ring (bicyclic) bond motifs is 4. The van der Waals surface area contributed by atoms with E-state index in [0.29, 0.717) is 23.1 Å². The van der Waals surface area contributed by atoms with Gasteiger partial charge < -0.3 is 4.42 Å². The SMILES string of the molecule is c1ccc(-c2ccc(-c3nc(-c4ccccc4)nc(-c4cnc(-c5ccccc5)c5oc6cc7ccccc7cc6c45)n3)cc2)cc1. The number of hydrogen-bond acceptors (Lipinski definition) is 5. The van der Waals surface area contributed by atoms with Gasteiger partial charge in [0.05, 0.1) is 0 Å². The average Bonchev–Trinajstić information content (AvgIpc) is 3.53. The van der Waals surface area contributed by atoms with Gasteiger partial charge in [0.2, 0.25) is 0 Å². The standard InChI is InChI=1S/C42H26N4O/c1-4-12-27(13-5-1)28-20-22-31(23-21-28)41-44-40(30-16-8-3-9-17-30)45-42(46-41)35-26-43-38(29-14-6-2-7-15-29)39-37(35)34-24-32-18-10-11-19-33(32)25-36(34)47-39/h1-26H. The molecular formula is C42H26N4O. The van der Waals surface area contributed by atoms with Crippen LogP contribution in [-0.4, -0.2) is 19.9 Å². The summed E-state index contributed by atoms with van der Waals surface area (Å²) in [4.78, 5) is 20.1. The number of benzene rings is 6. The summed E-state index contributed by atoms with van der Waals surface area (Å²) in [6.45, 7) is 0. The molecule has 0 atom stereocenters. The zero-order valence-electron chi connectivity index (χ0n) is 25.2. The van der Waals surface area contributed by atoms with Gasteiger partial charge in [-0.2, -0.15) is 0 Å². The molecular weight excluding hydrogens is 576 g/mol. The summed E-state index contributed by atoms with van der Waals surface area (Å²) in [6, 6.07) is 51.5.